The molecule has 3 nitrogen and oxygen atoms in total. The number of thiophene rings is 1. The second-order valence-electron chi connectivity index (χ2n) is 4.02. The molecule has 2 rings (SSSR count). The number of anilines is 2. The summed E-state index contributed by atoms with van der Waals surface area (Å²) in [5.74, 6) is -0.0379. The average molecular weight is 292 g/mol. The zero-order valence-corrected chi connectivity index (χ0v) is 12.5. The molecule has 1 amide bonds. The largest absolute Gasteiger partial charge is 0.380 e. The van der Waals surface area contributed by atoms with Gasteiger partial charge in [0.15, 0.2) is 0 Å². The molecule has 0 fully saturated rings. The lowest BCUT2D eigenvalue weighted by Crippen LogP contribution is -2.08. The van der Waals surface area contributed by atoms with Gasteiger partial charge in [-0.1, -0.05) is 6.07 Å². The second-order valence-corrected chi connectivity index (χ2v) is 5.90. The van der Waals surface area contributed by atoms with Gasteiger partial charge < -0.3 is 10.6 Å². The molecule has 19 heavy (non-hydrogen) atoms. The topological polar surface area (TPSA) is 41.1 Å². The molecule has 0 atom stereocenters. The smallest absolute Gasteiger partial charge is 0.221 e. The molecule has 2 aromatic rings. The van der Waals surface area contributed by atoms with E-state index in [1.807, 2.05) is 23.6 Å². The van der Waals surface area contributed by atoms with Crippen LogP contribution in [0.4, 0.5) is 11.4 Å². The molecule has 0 aliphatic heterocycles. The summed E-state index contributed by atoms with van der Waals surface area (Å²) in [6, 6.07) is 10.2. The van der Waals surface area contributed by atoms with Crippen molar-refractivity contribution in [1.29, 1.82) is 0 Å². The van der Waals surface area contributed by atoms with E-state index in [2.05, 4.69) is 29.0 Å². The summed E-state index contributed by atoms with van der Waals surface area (Å²) in [7, 11) is 0. The Balaban J connectivity index is 2.02. The fourth-order valence-electron chi connectivity index (χ4n) is 1.69. The van der Waals surface area contributed by atoms with Crippen LogP contribution in [-0.4, -0.2) is 12.2 Å². The van der Waals surface area contributed by atoms with Crippen molar-refractivity contribution in [2.45, 2.75) is 18.4 Å². The Morgan fingerprint density at radius 3 is 2.95 bits per heavy atom. The Morgan fingerprint density at radius 1 is 1.37 bits per heavy atom. The standard InChI is InChI=1S/C14H16N2OS2/c1-10(17)16-13-6-7-19-14(13)9-15-11-4-3-5-12(8-11)18-2/h3-8,15H,9H2,1-2H3,(H,16,17). The maximum Gasteiger partial charge on any atom is 0.221 e. The van der Waals surface area contributed by atoms with Crippen LogP contribution >= 0.6 is 23.1 Å². The molecule has 0 saturated heterocycles. The predicted molar refractivity (Wildman–Crippen MR) is 84.2 cm³/mol. The summed E-state index contributed by atoms with van der Waals surface area (Å²) >= 11 is 3.36. The van der Waals surface area contributed by atoms with Gasteiger partial charge in [-0.05, 0) is 35.9 Å². The summed E-state index contributed by atoms with van der Waals surface area (Å²) in [5.41, 5.74) is 1.99. The van der Waals surface area contributed by atoms with Crippen LogP contribution in [0.3, 0.4) is 0 Å². The van der Waals surface area contributed by atoms with E-state index < -0.39 is 0 Å². The van der Waals surface area contributed by atoms with Gasteiger partial charge in [0.1, 0.15) is 0 Å². The van der Waals surface area contributed by atoms with Crippen molar-refractivity contribution in [3.8, 4) is 0 Å². The zero-order chi connectivity index (χ0) is 13.7. The normalized spacial score (nSPS) is 10.2. The average Bonchev–Trinajstić information content (AvgIpc) is 2.83. The van der Waals surface area contributed by atoms with Gasteiger partial charge in [-0.15, -0.1) is 23.1 Å². The second kappa shape index (κ2) is 6.63. The molecule has 2 N–H and O–H groups in total. The van der Waals surface area contributed by atoms with E-state index in [0.717, 1.165) is 16.3 Å². The zero-order valence-electron chi connectivity index (χ0n) is 10.9. The lowest BCUT2D eigenvalue weighted by atomic mass is 10.3. The van der Waals surface area contributed by atoms with E-state index in [-0.39, 0.29) is 5.91 Å². The van der Waals surface area contributed by atoms with E-state index in [1.165, 1.54) is 11.8 Å². The van der Waals surface area contributed by atoms with Crippen LogP contribution in [0, 0.1) is 0 Å². The Hall–Kier alpha value is -1.46. The number of benzene rings is 1. The lowest BCUT2D eigenvalue weighted by molar-refractivity contribution is -0.114. The predicted octanol–water partition coefficient (Wildman–Crippen LogP) is 4.04. The highest BCUT2D eigenvalue weighted by Gasteiger charge is 2.05. The molecule has 0 aliphatic carbocycles. The first-order valence-corrected chi connectivity index (χ1v) is 8.01. The van der Waals surface area contributed by atoms with E-state index in [9.17, 15) is 4.79 Å². The van der Waals surface area contributed by atoms with Crippen LogP contribution in [0.15, 0.2) is 40.6 Å². The summed E-state index contributed by atoms with van der Waals surface area (Å²) in [6.45, 7) is 2.24. The number of nitrogens with one attached hydrogen (secondary N) is 2. The van der Waals surface area contributed by atoms with Gasteiger partial charge in [0.05, 0.1) is 12.2 Å². The number of amides is 1. The van der Waals surface area contributed by atoms with Gasteiger partial charge in [-0.25, -0.2) is 0 Å². The molecule has 1 aromatic carbocycles. The molecule has 0 bridgehead atoms. The highest BCUT2D eigenvalue weighted by Crippen LogP contribution is 2.24. The van der Waals surface area contributed by atoms with Crippen molar-refractivity contribution >= 4 is 40.4 Å². The summed E-state index contributed by atoms with van der Waals surface area (Å²) in [4.78, 5) is 13.5. The van der Waals surface area contributed by atoms with Crippen LogP contribution < -0.4 is 10.6 Å². The van der Waals surface area contributed by atoms with Crippen LogP contribution in [0.25, 0.3) is 0 Å². The SMILES string of the molecule is CSc1cccc(NCc2sccc2NC(C)=O)c1. The van der Waals surface area contributed by atoms with Crippen molar-refractivity contribution in [3.63, 3.8) is 0 Å². The molecule has 0 radical (unpaired) electrons. The number of carbonyl (C=O) groups is 1. The number of thioether (sulfide) groups is 1. The van der Waals surface area contributed by atoms with Gasteiger partial charge >= 0.3 is 0 Å². The minimum Gasteiger partial charge on any atom is -0.380 e. The summed E-state index contributed by atoms with van der Waals surface area (Å²) in [6.07, 6.45) is 2.06. The Bertz CT molecular complexity index is 566. The Morgan fingerprint density at radius 2 is 2.21 bits per heavy atom. The van der Waals surface area contributed by atoms with Gasteiger partial charge in [0.25, 0.3) is 0 Å². The first-order chi connectivity index (χ1) is 9.19. The number of hydrogen-bond donors (Lipinski definition) is 2. The molecule has 0 aliphatic rings. The van der Waals surface area contributed by atoms with Crippen molar-refractivity contribution in [1.82, 2.24) is 0 Å². The molecule has 0 spiro atoms. The fraction of sp³-hybridized carbons (Fsp3) is 0.214. The maximum absolute atomic E-state index is 11.1. The van der Waals surface area contributed by atoms with Crippen LogP contribution in [0.2, 0.25) is 0 Å². The van der Waals surface area contributed by atoms with Gasteiger partial charge in [-0.2, -0.15) is 0 Å². The molecular weight excluding hydrogens is 276 g/mol. The Labute approximate surface area is 121 Å². The highest BCUT2D eigenvalue weighted by atomic mass is 32.2. The van der Waals surface area contributed by atoms with E-state index in [0.29, 0.717) is 6.54 Å². The highest BCUT2D eigenvalue weighted by molar-refractivity contribution is 7.98. The van der Waals surface area contributed by atoms with Crippen molar-refractivity contribution < 1.29 is 4.79 Å². The third-order valence-corrected chi connectivity index (χ3v) is 4.23. The van der Waals surface area contributed by atoms with E-state index in [4.69, 9.17) is 0 Å². The third-order valence-electron chi connectivity index (χ3n) is 2.58. The summed E-state index contributed by atoms with van der Waals surface area (Å²) < 4.78 is 0. The molecule has 0 saturated carbocycles. The molecule has 1 aromatic heterocycles. The van der Waals surface area contributed by atoms with Crippen molar-refractivity contribution in [2.75, 3.05) is 16.9 Å². The minimum absolute atomic E-state index is 0.0379. The van der Waals surface area contributed by atoms with Crippen LogP contribution in [0.1, 0.15) is 11.8 Å². The number of hydrogen-bond acceptors (Lipinski definition) is 4. The quantitative estimate of drug-likeness (QED) is 0.817. The Kier molecular flexibility index (Phi) is 4.87. The first kappa shape index (κ1) is 14.0. The van der Waals surface area contributed by atoms with Crippen LogP contribution in [-0.2, 0) is 11.3 Å². The monoisotopic (exact) mass is 292 g/mol. The van der Waals surface area contributed by atoms with E-state index >= 15 is 0 Å². The van der Waals surface area contributed by atoms with Crippen molar-refractivity contribution in [2.24, 2.45) is 0 Å². The van der Waals surface area contributed by atoms with Gasteiger partial charge in [-0.3, -0.25) is 4.79 Å². The van der Waals surface area contributed by atoms with Crippen molar-refractivity contribution in [3.05, 3.63) is 40.6 Å². The maximum atomic E-state index is 11.1. The number of rotatable bonds is 5. The molecule has 1 heterocycles. The molecule has 5 heteroatoms. The van der Waals surface area contributed by atoms with Gasteiger partial charge in [0.2, 0.25) is 5.91 Å². The lowest BCUT2D eigenvalue weighted by Gasteiger charge is -2.08. The van der Waals surface area contributed by atoms with Gasteiger partial charge in [0, 0.05) is 22.4 Å². The number of carbonyl (C=O) groups excluding carboxylic acids is 1. The fourth-order valence-corrected chi connectivity index (χ4v) is 2.92. The first-order valence-electron chi connectivity index (χ1n) is 5.91. The summed E-state index contributed by atoms with van der Waals surface area (Å²) in [5, 5.41) is 8.21. The molecule has 0 unspecified atom stereocenters. The molecular formula is C14H16N2OS2. The van der Waals surface area contributed by atoms with Crippen LogP contribution in [0.5, 0.6) is 0 Å². The third kappa shape index (κ3) is 4.01. The van der Waals surface area contributed by atoms with E-state index in [1.54, 1.807) is 23.1 Å². The minimum atomic E-state index is -0.0379. The molecule has 100 valence electrons.